The third-order valence-electron chi connectivity index (χ3n) is 3.93. The fraction of sp³-hybridized carbons (Fsp3) is 0.714. The second-order valence-electron chi connectivity index (χ2n) is 5.17. The van der Waals surface area contributed by atoms with Crippen LogP contribution in [-0.2, 0) is 6.42 Å². The molecule has 0 N–H and O–H groups in total. The quantitative estimate of drug-likeness (QED) is 0.790. The Labute approximate surface area is 115 Å². The van der Waals surface area contributed by atoms with Crippen LogP contribution in [0.5, 0.6) is 0 Å². The molecule has 1 nitrogen and oxygen atoms in total. The average Bonchev–Trinajstić information content (AvgIpc) is 2.77. The molecule has 1 aromatic heterocycles. The molecule has 2 unspecified atom stereocenters. The van der Waals surface area contributed by atoms with Gasteiger partial charge in [-0.1, -0.05) is 6.92 Å². The Morgan fingerprint density at radius 1 is 1.53 bits per heavy atom. The minimum atomic E-state index is 0.619. The Hall–Kier alpha value is 0.0100. The number of hydrogen-bond acceptors (Lipinski definition) is 3. The van der Waals surface area contributed by atoms with E-state index in [0.29, 0.717) is 6.04 Å². The molecule has 0 saturated carbocycles. The highest BCUT2D eigenvalue weighted by Gasteiger charge is 2.24. The largest absolute Gasteiger partial charge is 0.296 e. The van der Waals surface area contributed by atoms with Crippen molar-refractivity contribution in [3.63, 3.8) is 0 Å². The summed E-state index contributed by atoms with van der Waals surface area (Å²) in [5, 5.41) is 2.24. The summed E-state index contributed by atoms with van der Waals surface area (Å²) >= 11 is 6.24. The molecule has 2 rings (SSSR count). The fourth-order valence-corrected chi connectivity index (χ4v) is 4.02. The van der Waals surface area contributed by atoms with Crippen molar-refractivity contribution in [2.45, 2.75) is 39.2 Å². The standard InChI is InChI=1S/C14H23NS2/c1-11(5-9-16)3-7-15-8-4-14-13(12(15)2)6-10-17-14/h6,10-12,16H,3-5,7-9H2,1-2H3. The van der Waals surface area contributed by atoms with E-state index in [9.17, 15) is 0 Å². The van der Waals surface area contributed by atoms with Gasteiger partial charge in [0, 0.05) is 17.5 Å². The number of thiol groups is 1. The first-order chi connectivity index (χ1) is 8.22. The van der Waals surface area contributed by atoms with Gasteiger partial charge in [-0.05, 0) is 61.4 Å². The molecule has 1 aliphatic heterocycles. The van der Waals surface area contributed by atoms with Crippen LogP contribution in [0.3, 0.4) is 0 Å². The van der Waals surface area contributed by atoms with E-state index in [2.05, 4.69) is 42.8 Å². The van der Waals surface area contributed by atoms with Gasteiger partial charge < -0.3 is 0 Å². The van der Waals surface area contributed by atoms with Crippen molar-refractivity contribution in [1.82, 2.24) is 4.90 Å². The predicted molar refractivity (Wildman–Crippen MR) is 80.3 cm³/mol. The molecule has 0 radical (unpaired) electrons. The molecule has 0 bridgehead atoms. The van der Waals surface area contributed by atoms with E-state index >= 15 is 0 Å². The molecule has 0 aliphatic carbocycles. The lowest BCUT2D eigenvalue weighted by molar-refractivity contribution is 0.187. The molecule has 0 amide bonds. The van der Waals surface area contributed by atoms with Crippen LogP contribution in [0.4, 0.5) is 0 Å². The summed E-state index contributed by atoms with van der Waals surface area (Å²) in [6.07, 6.45) is 3.80. The average molecular weight is 269 g/mol. The Kier molecular flexibility index (Phi) is 4.95. The topological polar surface area (TPSA) is 3.24 Å². The first-order valence-electron chi connectivity index (χ1n) is 6.63. The van der Waals surface area contributed by atoms with E-state index in [1.807, 2.05) is 11.3 Å². The van der Waals surface area contributed by atoms with Crippen molar-refractivity contribution in [1.29, 1.82) is 0 Å². The number of rotatable bonds is 5. The van der Waals surface area contributed by atoms with E-state index in [-0.39, 0.29) is 0 Å². The van der Waals surface area contributed by atoms with E-state index in [1.54, 1.807) is 10.4 Å². The summed E-state index contributed by atoms with van der Waals surface area (Å²) in [5.74, 6) is 1.83. The van der Waals surface area contributed by atoms with E-state index in [4.69, 9.17) is 0 Å². The van der Waals surface area contributed by atoms with Crippen molar-refractivity contribution in [2.75, 3.05) is 18.8 Å². The highest BCUT2D eigenvalue weighted by molar-refractivity contribution is 7.80. The van der Waals surface area contributed by atoms with Gasteiger partial charge in [0.05, 0.1) is 0 Å². The fourth-order valence-electron chi connectivity index (χ4n) is 2.62. The number of thiophene rings is 1. The first-order valence-corrected chi connectivity index (χ1v) is 8.14. The summed E-state index contributed by atoms with van der Waals surface area (Å²) in [6, 6.07) is 2.93. The predicted octanol–water partition coefficient (Wildman–Crippen LogP) is 4.01. The zero-order chi connectivity index (χ0) is 12.3. The van der Waals surface area contributed by atoms with Gasteiger partial charge in [-0.3, -0.25) is 4.90 Å². The minimum absolute atomic E-state index is 0.619. The smallest absolute Gasteiger partial charge is 0.0331 e. The maximum Gasteiger partial charge on any atom is 0.0331 e. The van der Waals surface area contributed by atoms with Crippen molar-refractivity contribution >= 4 is 24.0 Å². The maximum atomic E-state index is 4.31. The summed E-state index contributed by atoms with van der Waals surface area (Å²) in [6.45, 7) is 7.18. The number of nitrogens with zero attached hydrogens (tertiary/aromatic N) is 1. The molecular formula is C14H23NS2. The van der Waals surface area contributed by atoms with Crippen LogP contribution < -0.4 is 0 Å². The van der Waals surface area contributed by atoms with E-state index in [0.717, 1.165) is 11.7 Å². The third-order valence-corrected chi connectivity index (χ3v) is 5.19. The molecule has 0 aromatic carbocycles. The zero-order valence-electron chi connectivity index (χ0n) is 10.9. The lowest BCUT2D eigenvalue weighted by Gasteiger charge is -2.34. The lowest BCUT2D eigenvalue weighted by Crippen LogP contribution is -2.34. The highest BCUT2D eigenvalue weighted by Crippen LogP contribution is 2.33. The van der Waals surface area contributed by atoms with Crippen LogP contribution in [0.15, 0.2) is 11.4 Å². The van der Waals surface area contributed by atoms with Gasteiger partial charge in [0.25, 0.3) is 0 Å². The molecule has 3 heteroatoms. The van der Waals surface area contributed by atoms with Crippen LogP contribution in [0, 0.1) is 5.92 Å². The van der Waals surface area contributed by atoms with Gasteiger partial charge >= 0.3 is 0 Å². The molecule has 2 heterocycles. The van der Waals surface area contributed by atoms with Gasteiger partial charge in [0.2, 0.25) is 0 Å². The van der Waals surface area contributed by atoms with Gasteiger partial charge in [-0.15, -0.1) is 11.3 Å². The summed E-state index contributed by atoms with van der Waals surface area (Å²) in [7, 11) is 0. The lowest BCUT2D eigenvalue weighted by atomic mass is 9.99. The Morgan fingerprint density at radius 2 is 2.35 bits per heavy atom. The Balaban J connectivity index is 1.87. The molecule has 1 aliphatic rings. The van der Waals surface area contributed by atoms with Crippen molar-refractivity contribution in [3.8, 4) is 0 Å². The molecule has 0 fully saturated rings. The second kappa shape index (κ2) is 6.26. The Bertz CT molecular complexity index is 348. The van der Waals surface area contributed by atoms with Crippen LogP contribution in [0.2, 0.25) is 0 Å². The van der Waals surface area contributed by atoms with Crippen molar-refractivity contribution in [3.05, 3.63) is 21.9 Å². The van der Waals surface area contributed by atoms with Gasteiger partial charge in [0.1, 0.15) is 0 Å². The summed E-state index contributed by atoms with van der Waals surface area (Å²) in [4.78, 5) is 4.25. The summed E-state index contributed by atoms with van der Waals surface area (Å²) < 4.78 is 0. The monoisotopic (exact) mass is 269 g/mol. The van der Waals surface area contributed by atoms with Gasteiger partial charge in [0.15, 0.2) is 0 Å². The van der Waals surface area contributed by atoms with Crippen LogP contribution in [0.25, 0.3) is 0 Å². The molecule has 96 valence electrons. The Morgan fingerprint density at radius 3 is 3.12 bits per heavy atom. The molecule has 2 atom stereocenters. The molecule has 1 aromatic rings. The zero-order valence-corrected chi connectivity index (χ0v) is 12.6. The van der Waals surface area contributed by atoms with Gasteiger partial charge in [-0.2, -0.15) is 12.6 Å². The maximum absolute atomic E-state index is 4.31. The second-order valence-corrected chi connectivity index (χ2v) is 6.62. The molecule has 0 spiro atoms. The van der Waals surface area contributed by atoms with Crippen LogP contribution in [0.1, 0.15) is 43.2 Å². The number of hydrogen-bond donors (Lipinski definition) is 1. The highest BCUT2D eigenvalue weighted by atomic mass is 32.1. The molecule has 0 saturated heterocycles. The van der Waals surface area contributed by atoms with E-state index < -0.39 is 0 Å². The molecular weight excluding hydrogens is 246 g/mol. The SMILES string of the molecule is CC(CCS)CCN1CCc2sccc2C1C. The van der Waals surface area contributed by atoms with Crippen LogP contribution >= 0.6 is 24.0 Å². The first kappa shape index (κ1) is 13.4. The van der Waals surface area contributed by atoms with Crippen LogP contribution in [-0.4, -0.2) is 23.7 Å². The summed E-state index contributed by atoms with van der Waals surface area (Å²) in [5.41, 5.74) is 1.57. The van der Waals surface area contributed by atoms with Gasteiger partial charge in [-0.25, -0.2) is 0 Å². The molecule has 17 heavy (non-hydrogen) atoms. The minimum Gasteiger partial charge on any atom is -0.296 e. The van der Waals surface area contributed by atoms with Crippen molar-refractivity contribution in [2.24, 2.45) is 5.92 Å². The van der Waals surface area contributed by atoms with E-state index in [1.165, 1.54) is 32.4 Å². The third kappa shape index (κ3) is 3.27. The van der Waals surface area contributed by atoms with Crippen molar-refractivity contribution < 1.29 is 0 Å². The number of fused-ring (bicyclic) bond motifs is 1. The normalized spacial score (nSPS) is 22.4.